The van der Waals surface area contributed by atoms with Crippen LogP contribution in [0, 0.1) is 12.7 Å². The van der Waals surface area contributed by atoms with Gasteiger partial charge in [-0.05, 0) is 36.6 Å². The van der Waals surface area contributed by atoms with E-state index in [0.717, 1.165) is 15.7 Å². The highest BCUT2D eigenvalue weighted by molar-refractivity contribution is 5.60. The third-order valence-corrected chi connectivity index (χ3v) is 3.37. The van der Waals surface area contributed by atoms with Crippen molar-refractivity contribution in [2.75, 3.05) is 17.6 Å². The molecule has 1 heterocycles. The Bertz CT molecular complexity index is 780. The molecule has 0 spiro atoms. The summed E-state index contributed by atoms with van der Waals surface area (Å²) in [6.45, 7) is 2.27. The van der Waals surface area contributed by atoms with Crippen molar-refractivity contribution in [3.63, 3.8) is 0 Å². The summed E-state index contributed by atoms with van der Waals surface area (Å²) in [5, 5.41) is 2.92. The molecule has 0 saturated heterocycles. The fraction of sp³-hybridized carbons (Fsp3) is 0.286. The molecule has 7 heteroatoms. The van der Waals surface area contributed by atoms with Gasteiger partial charge in [0, 0.05) is 13.6 Å². The highest BCUT2D eigenvalue weighted by atomic mass is 19.1. The molecule has 1 aromatic heterocycles. The van der Waals surface area contributed by atoms with Crippen LogP contribution in [-0.2, 0) is 13.5 Å². The number of halogens is 1. The maximum absolute atomic E-state index is 13.0. The van der Waals surface area contributed by atoms with E-state index in [0.29, 0.717) is 13.0 Å². The Morgan fingerprint density at radius 2 is 2.10 bits per heavy atom. The fourth-order valence-electron chi connectivity index (χ4n) is 2.07. The van der Waals surface area contributed by atoms with Crippen LogP contribution in [0.4, 0.5) is 15.9 Å². The summed E-state index contributed by atoms with van der Waals surface area (Å²) >= 11 is 0. The summed E-state index contributed by atoms with van der Waals surface area (Å²) in [5.41, 5.74) is 6.62. The first-order valence-corrected chi connectivity index (χ1v) is 6.48. The summed E-state index contributed by atoms with van der Waals surface area (Å²) in [4.78, 5) is 25.2. The molecule has 4 N–H and O–H groups in total. The highest BCUT2D eigenvalue weighted by Crippen LogP contribution is 2.12. The van der Waals surface area contributed by atoms with Gasteiger partial charge in [0.2, 0.25) is 0 Å². The average Bonchev–Trinajstić information content (AvgIpc) is 2.42. The zero-order valence-corrected chi connectivity index (χ0v) is 11.9. The lowest BCUT2D eigenvalue weighted by atomic mass is 10.1. The number of aromatic amines is 1. The standard InChI is InChI=1S/C14H17FN4O2/c1-8-7-10(15)4-3-9(8)5-6-17-11-12(16)19(2)14(21)18-13(11)20/h3-4,7,17H,5-6,16H2,1-2H3,(H,18,20,21). The van der Waals surface area contributed by atoms with E-state index in [9.17, 15) is 14.0 Å². The Kier molecular flexibility index (Phi) is 4.11. The van der Waals surface area contributed by atoms with E-state index in [-0.39, 0.29) is 17.3 Å². The molecule has 0 amide bonds. The van der Waals surface area contributed by atoms with Gasteiger partial charge in [-0.15, -0.1) is 0 Å². The number of nitrogens with one attached hydrogen (secondary N) is 2. The summed E-state index contributed by atoms with van der Waals surface area (Å²) in [7, 11) is 1.48. The van der Waals surface area contributed by atoms with Gasteiger partial charge in [-0.1, -0.05) is 6.07 Å². The summed E-state index contributed by atoms with van der Waals surface area (Å²) in [6.07, 6.45) is 0.605. The van der Waals surface area contributed by atoms with Gasteiger partial charge < -0.3 is 11.1 Å². The van der Waals surface area contributed by atoms with E-state index in [1.54, 1.807) is 6.07 Å². The first kappa shape index (κ1) is 14.8. The zero-order chi connectivity index (χ0) is 15.6. The highest BCUT2D eigenvalue weighted by Gasteiger charge is 2.09. The van der Waals surface area contributed by atoms with Crippen LogP contribution in [-0.4, -0.2) is 16.1 Å². The molecule has 0 radical (unpaired) electrons. The first-order chi connectivity index (χ1) is 9.90. The lowest BCUT2D eigenvalue weighted by molar-refractivity contribution is 0.625. The lowest BCUT2D eigenvalue weighted by Gasteiger charge is -2.11. The van der Waals surface area contributed by atoms with Crippen molar-refractivity contribution < 1.29 is 4.39 Å². The van der Waals surface area contributed by atoms with Crippen LogP contribution in [0.25, 0.3) is 0 Å². The summed E-state index contributed by atoms with van der Waals surface area (Å²) < 4.78 is 14.2. The van der Waals surface area contributed by atoms with Gasteiger partial charge in [-0.2, -0.15) is 0 Å². The molecule has 0 unspecified atom stereocenters. The number of aromatic nitrogens is 2. The van der Waals surface area contributed by atoms with Crippen molar-refractivity contribution in [3.8, 4) is 0 Å². The molecule has 21 heavy (non-hydrogen) atoms. The molecular weight excluding hydrogens is 275 g/mol. The molecule has 2 rings (SSSR count). The SMILES string of the molecule is Cc1cc(F)ccc1CCNc1c(N)n(C)c(=O)[nH]c1=O. The van der Waals surface area contributed by atoms with Gasteiger partial charge in [-0.3, -0.25) is 14.3 Å². The average molecular weight is 292 g/mol. The molecule has 0 aliphatic heterocycles. The van der Waals surface area contributed by atoms with Gasteiger partial charge in [0.05, 0.1) is 0 Å². The van der Waals surface area contributed by atoms with Crippen LogP contribution in [0.15, 0.2) is 27.8 Å². The normalized spacial score (nSPS) is 10.6. The fourth-order valence-corrected chi connectivity index (χ4v) is 2.07. The number of hydrogen-bond acceptors (Lipinski definition) is 4. The van der Waals surface area contributed by atoms with E-state index in [1.807, 2.05) is 6.92 Å². The van der Waals surface area contributed by atoms with Crippen LogP contribution in [0.3, 0.4) is 0 Å². The van der Waals surface area contributed by atoms with Crippen LogP contribution in [0.1, 0.15) is 11.1 Å². The number of nitrogen functional groups attached to an aromatic ring is 1. The molecule has 112 valence electrons. The van der Waals surface area contributed by atoms with Crippen LogP contribution < -0.4 is 22.3 Å². The van der Waals surface area contributed by atoms with E-state index in [4.69, 9.17) is 5.73 Å². The second-order valence-corrected chi connectivity index (χ2v) is 4.83. The minimum Gasteiger partial charge on any atom is -0.383 e. The van der Waals surface area contributed by atoms with Gasteiger partial charge in [0.15, 0.2) is 0 Å². The third kappa shape index (κ3) is 3.13. The Labute approximate surface area is 120 Å². The largest absolute Gasteiger partial charge is 0.383 e. The van der Waals surface area contributed by atoms with E-state index in [2.05, 4.69) is 10.3 Å². The Hall–Kier alpha value is -2.57. The topological polar surface area (TPSA) is 92.9 Å². The number of aryl methyl sites for hydroxylation is 1. The molecule has 0 saturated carbocycles. The number of benzene rings is 1. The number of nitrogens with zero attached hydrogens (tertiary/aromatic N) is 1. The number of rotatable bonds is 4. The van der Waals surface area contributed by atoms with Gasteiger partial charge in [-0.25, -0.2) is 9.18 Å². The quantitative estimate of drug-likeness (QED) is 0.775. The molecule has 0 aliphatic carbocycles. The lowest BCUT2D eigenvalue weighted by Crippen LogP contribution is -2.32. The molecule has 0 aliphatic rings. The number of H-pyrrole nitrogens is 1. The maximum atomic E-state index is 13.0. The minimum absolute atomic E-state index is 0.0829. The molecule has 0 atom stereocenters. The summed E-state index contributed by atoms with van der Waals surface area (Å²) in [6, 6.07) is 4.57. The molecule has 1 aromatic carbocycles. The van der Waals surface area contributed by atoms with Crippen molar-refractivity contribution in [1.29, 1.82) is 0 Å². The predicted octanol–water partition coefficient (Wildman–Crippen LogP) is 0.758. The van der Waals surface area contributed by atoms with Gasteiger partial charge >= 0.3 is 5.69 Å². The molecule has 0 bridgehead atoms. The van der Waals surface area contributed by atoms with Crippen molar-refractivity contribution in [3.05, 3.63) is 56.0 Å². The Morgan fingerprint density at radius 1 is 1.38 bits per heavy atom. The molecule has 0 fully saturated rings. The van der Waals surface area contributed by atoms with Gasteiger partial charge in [0.25, 0.3) is 5.56 Å². The number of hydrogen-bond donors (Lipinski definition) is 3. The molecule has 6 nitrogen and oxygen atoms in total. The Balaban J connectivity index is 2.13. The second-order valence-electron chi connectivity index (χ2n) is 4.83. The van der Waals surface area contributed by atoms with Gasteiger partial charge in [0.1, 0.15) is 17.3 Å². The maximum Gasteiger partial charge on any atom is 0.329 e. The third-order valence-electron chi connectivity index (χ3n) is 3.37. The van der Waals surface area contributed by atoms with Crippen LogP contribution in [0.2, 0.25) is 0 Å². The van der Waals surface area contributed by atoms with Crippen molar-refractivity contribution >= 4 is 11.5 Å². The molecular formula is C14H17FN4O2. The van der Waals surface area contributed by atoms with Crippen molar-refractivity contribution in [2.24, 2.45) is 7.05 Å². The minimum atomic E-state index is -0.558. The van der Waals surface area contributed by atoms with Crippen LogP contribution in [0.5, 0.6) is 0 Å². The van der Waals surface area contributed by atoms with E-state index < -0.39 is 11.2 Å². The number of anilines is 2. The Morgan fingerprint density at radius 3 is 2.76 bits per heavy atom. The smallest absolute Gasteiger partial charge is 0.329 e. The predicted molar refractivity (Wildman–Crippen MR) is 80.0 cm³/mol. The summed E-state index contributed by atoms with van der Waals surface area (Å²) in [5.74, 6) is -0.192. The zero-order valence-electron chi connectivity index (χ0n) is 11.9. The van der Waals surface area contributed by atoms with E-state index in [1.165, 1.54) is 19.2 Å². The molecule has 2 aromatic rings. The monoisotopic (exact) mass is 292 g/mol. The first-order valence-electron chi connectivity index (χ1n) is 6.48. The van der Waals surface area contributed by atoms with E-state index >= 15 is 0 Å². The number of nitrogens with two attached hydrogens (primary N) is 1. The second kappa shape index (κ2) is 5.82. The van der Waals surface area contributed by atoms with Crippen molar-refractivity contribution in [2.45, 2.75) is 13.3 Å². The van der Waals surface area contributed by atoms with Crippen LogP contribution >= 0.6 is 0 Å². The van der Waals surface area contributed by atoms with Crippen molar-refractivity contribution in [1.82, 2.24) is 9.55 Å².